The molecule has 1 aromatic carbocycles. The van der Waals surface area contributed by atoms with Gasteiger partial charge in [0.1, 0.15) is 12.2 Å². The zero-order valence-electron chi connectivity index (χ0n) is 19.0. The van der Waals surface area contributed by atoms with Gasteiger partial charge in [-0.3, -0.25) is 4.79 Å². The van der Waals surface area contributed by atoms with Crippen molar-refractivity contribution in [3.05, 3.63) is 40.6 Å². The standard InChI is InChI=1S/C21H27N3O7S2/c1-5-11-33(28,29)31-21-16(13-22-24(21)6-2)20(25)15-8-9-18-19(14(15)4)17(23-30-7-3)10-12-32(18,26)27/h8-9,13H,5-7,10-12H2,1-4H3. The summed E-state index contributed by atoms with van der Waals surface area (Å²) < 4.78 is 56.4. The maximum Gasteiger partial charge on any atom is 0.310 e. The second-order valence-corrected chi connectivity index (χ2v) is 11.3. The van der Waals surface area contributed by atoms with Gasteiger partial charge in [-0.1, -0.05) is 12.1 Å². The van der Waals surface area contributed by atoms with Gasteiger partial charge in [-0.2, -0.15) is 13.5 Å². The molecule has 1 aliphatic rings. The fraction of sp³-hybridized carbons (Fsp3) is 0.476. The average molecular weight is 498 g/mol. The quantitative estimate of drug-likeness (QED) is 0.293. The Balaban J connectivity index is 2.15. The summed E-state index contributed by atoms with van der Waals surface area (Å²) in [7, 11) is -7.45. The second kappa shape index (κ2) is 9.64. The Morgan fingerprint density at radius 2 is 1.94 bits per heavy atom. The number of nitrogens with zero attached hydrogens (tertiary/aromatic N) is 3. The summed E-state index contributed by atoms with van der Waals surface area (Å²) in [6, 6.07) is 2.80. The average Bonchev–Trinajstić information content (AvgIpc) is 3.14. The Bertz CT molecular complexity index is 1310. The molecule has 0 aliphatic carbocycles. The molecule has 180 valence electrons. The molecular formula is C21H27N3O7S2. The van der Waals surface area contributed by atoms with Gasteiger partial charge in [-0.25, -0.2) is 13.1 Å². The molecule has 0 radical (unpaired) electrons. The van der Waals surface area contributed by atoms with Crippen LogP contribution in [0.5, 0.6) is 5.88 Å². The highest BCUT2D eigenvalue weighted by molar-refractivity contribution is 7.91. The molecule has 1 aromatic heterocycles. The van der Waals surface area contributed by atoms with E-state index < -0.39 is 25.7 Å². The highest BCUT2D eigenvalue weighted by Crippen LogP contribution is 2.32. The summed E-state index contributed by atoms with van der Waals surface area (Å²) in [5.74, 6) is -1.00. The molecule has 33 heavy (non-hydrogen) atoms. The van der Waals surface area contributed by atoms with Crippen molar-refractivity contribution in [1.82, 2.24) is 9.78 Å². The molecule has 0 bridgehead atoms. The molecule has 3 rings (SSSR count). The van der Waals surface area contributed by atoms with Crippen LogP contribution in [0.2, 0.25) is 0 Å². The van der Waals surface area contributed by atoms with Gasteiger partial charge in [0, 0.05) is 24.1 Å². The van der Waals surface area contributed by atoms with Crippen LogP contribution in [-0.2, 0) is 31.3 Å². The molecule has 0 saturated carbocycles. The normalized spacial score (nSPS) is 16.4. The number of benzene rings is 1. The number of hydrogen-bond acceptors (Lipinski definition) is 9. The topological polar surface area (TPSA) is 134 Å². The van der Waals surface area contributed by atoms with Crippen LogP contribution >= 0.6 is 0 Å². The number of sulfone groups is 1. The molecule has 12 heteroatoms. The third-order valence-electron chi connectivity index (χ3n) is 5.20. The maximum atomic E-state index is 13.5. The molecule has 0 saturated heterocycles. The number of aryl methyl sites for hydroxylation is 1. The third-order valence-corrected chi connectivity index (χ3v) is 8.27. The number of fused-ring (bicyclic) bond motifs is 1. The lowest BCUT2D eigenvalue weighted by atomic mass is 9.93. The number of oxime groups is 1. The van der Waals surface area contributed by atoms with Gasteiger partial charge in [0.2, 0.25) is 5.88 Å². The predicted molar refractivity (Wildman–Crippen MR) is 122 cm³/mol. The van der Waals surface area contributed by atoms with Crippen molar-refractivity contribution >= 4 is 31.5 Å². The van der Waals surface area contributed by atoms with E-state index in [9.17, 15) is 21.6 Å². The molecule has 0 spiro atoms. The summed E-state index contributed by atoms with van der Waals surface area (Å²) in [5.41, 5.74) is 1.36. The molecule has 0 fully saturated rings. The Kier molecular flexibility index (Phi) is 7.27. The van der Waals surface area contributed by atoms with Crippen molar-refractivity contribution in [3.8, 4) is 5.88 Å². The SMILES string of the molecule is CCCS(=O)(=O)Oc1c(C(=O)c2ccc3c(c2C)C(=NOCC)CCS3(=O)=O)cnn1CC. The molecule has 0 amide bonds. The van der Waals surface area contributed by atoms with E-state index in [1.807, 2.05) is 0 Å². The van der Waals surface area contributed by atoms with Crippen LogP contribution < -0.4 is 4.18 Å². The van der Waals surface area contributed by atoms with E-state index in [1.54, 1.807) is 27.7 Å². The van der Waals surface area contributed by atoms with E-state index in [4.69, 9.17) is 9.02 Å². The maximum absolute atomic E-state index is 13.5. The monoisotopic (exact) mass is 497 g/mol. The van der Waals surface area contributed by atoms with Gasteiger partial charge < -0.3 is 9.02 Å². The van der Waals surface area contributed by atoms with E-state index in [0.29, 0.717) is 29.9 Å². The van der Waals surface area contributed by atoms with Crippen LogP contribution in [0.4, 0.5) is 0 Å². The predicted octanol–water partition coefficient (Wildman–Crippen LogP) is 2.48. The van der Waals surface area contributed by atoms with Gasteiger partial charge in [0.15, 0.2) is 15.6 Å². The van der Waals surface area contributed by atoms with Gasteiger partial charge in [-0.15, -0.1) is 0 Å². The van der Waals surface area contributed by atoms with Crippen LogP contribution in [0.1, 0.15) is 60.7 Å². The van der Waals surface area contributed by atoms with Gasteiger partial charge >= 0.3 is 10.1 Å². The fourth-order valence-corrected chi connectivity index (χ4v) is 6.19. The summed E-state index contributed by atoms with van der Waals surface area (Å²) in [4.78, 5) is 18.7. The summed E-state index contributed by atoms with van der Waals surface area (Å²) in [6.07, 6.45) is 1.77. The van der Waals surface area contributed by atoms with E-state index in [1.165, 1.54) is 23.0 Å². The number of ketones is 1. The molecule has 1 aliphatic heterocycles. The number of carbonyl (C=O) groups excluding carboxylic acids is 1. The first-order chi connectivity index (χ1) is 15.6. The van der Waals surface area contributed by atoms with Crippen molar-refractivity contribution in [2.45, 2.75) is 52.0 Å². The number of carbonyl (C=O) groups is 1. The van der Waals surface area contributed by atoms with E-state index >= 15 is 0 Å². The van der Waals surface area contributed by atoms with Crippen LogP contribution in [0.15, 0.2) is 28.4 Å². The van der Waals surface area contributed by atoms with Crippen molar-refractivity contribution in [1.29, 1.82) is 0 Å². The first-order valence-electron chi connectivity index (χ1n) is 10.6. The van der Waals surface area contributed by atoms with Crippen LogP contribution in [0, 0.1) is 6.92 Å². The highest BCUT2D eigenvalue weighted by atomic mass is 32.2. The zero-order valence-corrected chi connectivity index (χ0v) is 20.6. The van der Waals surface area contributed by atoms with Crippen molar-refractivity contribution in [2.75, 3.05) is 18.1 Å². The molecule has 2 aromatic rings. The molecular weight excluding hydrogens is 470 g/mol. The Hall–Kier alpha value is -2.73. The minimum absolute atomic E-state index is 0.0264. The van der Waals surface area contributed by atoms with Crippen LogP contribution in [-0.4, -0.2) is 56.2 Å². The first-order valence-corrected chi connectivity index (χ1v) is 13.9. The molecule has 0 N–H and O–H groups in total. The number of aromatic nitrogens is 2. The van der Waals surface area contributed by atoms with E-state index in [0.717, 1.165) is 0 Å². The highest BCUT2D eigenvalue weighted by Gasteiger charge is 2.33. The minimum atomic E-state index is -3.91. The fourth-order valence-electron chi connectivity index (χ4n) is 3.65. The largest absolute Gasteiger partial charge is 0.396 e. The minimum Gasteiger partial charge on any atom is -0.396 e. The Morgan fingerprint density at radius 3 is 2.58 bits per heavy atom. The van der Waals surface area contributed by atoms with Gasteiger partial charge in [0.25, 0.3) is 0 Å². The van der Waals surface area contributed by atoms with Gasteiger partial charge in [-0.05, 0) is 44.9 Å². The summed E-state index contributed by atoms with van der Waals surface area (Å²) in [6.45, 7) is 7.44. The van der Waals surface area contributed by atoms with E-state index in [-0.39, 0.29) is 46.4 Å². The smallest absolute Gasteiger partial charge is 0.310 e. The summed E-state index contributed by atoms with van der Waals surface area (Å²) >= 11 is 0. The van der Waals surface area contributed by atoms with Crippen molar-refractivity contribution in [3.63, 3.8) is 0 Å². The third kappa shape index (κ3) is 4.96. The Morgan fingerprint density at radius 1 is 1.21 bits per heavy atom. The second-order valence-electron chi connectivity index (χ2n) is 7.49. The van der Waals surface area contributed by atoms with Crippen LogP contribution in [0.25, 0.3) is 0 Å². The molecule has 0 unspecified atom stereocenters. The number of rotatable bonds is 9. The summed E-state index contributed by atoms with van der Waals surface area (Å²) in [5, 5.41) is 8.15. The molecule has 2 heterocycles. The van der Waals surface area contributed by atoms with Gasteiger partial charge in [0.05, 0.1) is 28.3 Å². The first kappa shape index (κ1) is 24.9. The zero-order chi connectivity index (χ0) is 24.4. The van der Waals surface area contributed by atoms with Crippen molar-refractivity contribution < 1.29 is 30.7 Å². The van der Waals surface area contributed by atoms with Crippen molar-refractivity contribution in [2.24, 2.45) is 5.16 Å². The van der Waals surface area contributed by atoms with E-state index in [2.05, 4.69) is 10.3 Å². The lowest BCUT2D eigenvalue weighted by Crippen LogP contribution is -2.25. The molecule has 0 atom stereocenters. The lowest BCUT2D eigenvalue weighted by molar-refractivity contribution is 0.103. The Labute approximate surface area is 193 Å². The molecule has 10 nitrogen and oxygen atoms in total. The van der Waals surface area contributed by atoms with Crippen LogP contribution in [0.3, 0.4) is 0 Å². The lowest BCUT2D eigenvalue weighted by Gasteiger charge is -2.21. The number of hydrogen-bond donors (Lipinski definition) is 0.